The van der Waals surface area contributed by atoms with E-state index in [9.17, 15) is 9.59 Å². The lowest BCUT2D eigenvalue weighted by Crippen LogP contribution is -2.31. The molecule has 0 aromatic heterocycles. The summed E-state index contributed by atoms with van der Waals surface area (Å²) < 4.78 is 4.69. The molecule has 4 nitrogen and oxygen atoms in total. The summed E-state index contributed by atoms with van der Waals surface area (Å²) >= 11 is 0. The molecule has 0 amide bonds. The minimum atomic E-state index is -0.261. The monoisotopic (exact) mass is 247 g/mol. The van der Waals surface area contributed by atoms with Gasteiger partial charge in [0, 0.05) is 12.0 Å². The second-order valence-corrected chi connectivity index (χ2v) is 4.58. The number of hydrogen-bond donors (Lipinski definition) is 1. The Morgan fingerprint density at radius 2 is 2.06 bits per heavy atom. The quantitative estimate of drug-likeness (QED) is 0.645. The van der Waals surface area contributed by atoms with E-state index >= 15 is 0 Å². The van der Waals surface area contributed by atoms with E-state index in [0.29, 0.717) is 19.4 Å². The highest BCUT2D eigenvalue weighted by Gasteiger charge is 2.31. The summed E-state index contributed by atoms with van der Waals surface area (Å²) in [5.41, 5.74) is 0.735. The Morgan fingerprint density at radius 3 is 2.72 bits per heavy atom. The molecular formula is C14H17NO3. The van der Waals surface area contributed by atoms with Gasteiger partial charge in [-0.25, -0.2) is 0 Å². The van der Waals surface area contributed by atoms with Crippen LogP contribution in [0.2, 0.25) is 0 Å². The van der Waals surface area contributed by atoms with Crippen molar-refractivity contribution in [2.75, 3.05) is 13.7 Å². The Bertz CT molecular complexity index is 430. The van der Waals surface area contributed by atoms with E-state index < -0.39 is 0 Å². The summed E-state index contributed by atoms with van der Waals surface area (Å²) in [5, 5.41) is 3.09. The number of ether oxygens (including phenoxy) is 1. The van der Waals surface area contributed by atoms with E-state index in [0.717, 1.165) is 5.56 Å². The number of ketones is 1. The Labute approximate surface area is 106 Å². The summed E-state index contributed by atoms with van der Waals surface area (Å²) in [5.74, 6) is 0.0967. The van der Waals surface area contributed by atoms with E-state index in [1.165, 1.54) is 7.11 Å². The predicted molar refractivity (Wildman–Crippen MR) is 67.3 cm³/mol. The molecule has 0 bridgehead atoms. The second-order valence-electron chi connectivity index (χ2n) is 4.58. The molecule has 18 heavy (non-hydrogen) atoms. The van der Waals surface area contributed by atoms with Crippen molar-refractivity contribution in [1.82, 2.24) is 5.32 Å². The molecular weight excluding hydrogens is 230 g/mol. The SMILES string of the molecule is COC(=O)[C@@H]1C[C@@H](CC(=O)c2ccccc2)CN1. The number of nitrogens with one attached hydrogen (secondary N) is 1. The van der Waals surface area contributed by atoms with Crippen molar-refractivity contribution in [3.63, 3.8) is 0 Å². The largest absolute Gasteiger partial charge is 0.468 e. The first-order valence-corrected chi connectivity index (χ1v) is 6.10. The molecule has 0 spiro atoms. The molecule has 1 aliphatic rings. The van der Waals surface area contributed by atoms with Gasteiger partial charge >= 0.3 is 5.97 Å². The van der Waals surface area contributed by atoms with Gasteiger partial charge in [-0.3, -0.25) is 9.59 Å². The fourth-order valence-corrected chi connectivity index (χ4v) is 2.29. The van der Waals surface area contributed by atoms with Gasteiger partial charge in [0.15, 0.2) is 5.78 Å². The van der Waals surface area contributed by atoms with Crippen LogP contribution in [0, 0.1) is 5.92 Å². The minimum Gasteiger partial charge on any atom is -0.468 e. The maximum Gasteiger partial charge on any atom is 0.322 e. The Kier molecular flexibility index (Phi) is 4.10. The van der Waals surface area contributed by atoms with Crippen molar-refractivity contribution in [3.8, 4) is 0 Å². The van der Waals surface area contributed by atoms with Crippen LogP contribution in [0.15, 0.2) is 30.3 Å². The molecule has 4 heteroatoms. The standard InChI is InChI=1S/C14H17NO3/c1-18-14(17)12-7-10(9-15-12)8-13(16)11-5-3-2-4-6-11/h2-6,10,12,15H,7-9H2,1H3/t10-,12-/m0/s1. The summed E-state index contributed by atoms with van der Waals surface area (Å²) in [6, 6.07) is 8.99. The molecule has 0 aliphatic carbocycles. The molecule has 0 saturated carbocycles. The number of Topliss-reactive ketones (excluding diaryl/α,β-unsaturated/α-hetero) is 1. The van der Waals surface area contributed by atoms with Gasteiger partial charge in [0.2, 0.25) is 0 Å². The highest BCUT2D eigenvalue weighted by atomic mass is 16.5. The van der Waals surface area contributed by atoms with Crippen molar-refractivity contribution in [2.45, 2.75) is 18.9 Å². The second kappa shape index (κ2) is 5.78. The molecule has 1 aliphatic heterocycles. The summed E-state index contributed by atoms with van der Waals surface area (Å²) in [7, 11) is 1.38. The van der Waals surface area contributed by atoms with Crippen molar-refractivity contribution >= 4 is 11.8 Å². The molecule has 0 unspecified atom stereocenters. The van der Waals surface area contributed by atoms with Crippen LogP contribution in [0.25, 0.3) is 0 Å². The smallest absolute Gasteiger partial charge is 0.322 e. The highest BCUT2D eigenvalue weighted by Crippen LogP contribution is 2.20. The zero-order chi connectivity index (χ0) is 13.0. The van der Waals surface area contributed by atoms with Crippen molar-refractivity contribution in [3.05, 3.63) is 35.9 Å². The number of carbonyl (C=O) groups is 2. The molecule has 1 N–H and O–H groups in total. The van der Waals surface area contributed by atoms with Crippen LogP contribution in [0.4, 0.5) is 0 Å². The molecule has 1 fully saturated rings. The van der Waals surface area contributed by atoms with Crippen LogP contribution >= 0.6 is 0 Å². The van der Waals surface area contributed by atoms with Crippen molar-refractivity contribution < 1.29 is 14.3 Å². The molecule has 1 aromatic rings. The van der Waals surface area contributed by atoms with Crippen molar-refractivity contribution in [1.29, 1.82) is 0 Å². The zero-order valence-corrected chi connectivity index (χ0v) is 10.4. The highest BCUT2D eigenvalue weighted by molar-refractivity contribution is 5.96. The molecule has 1 heterocycles. The molecule has 0 radical (unpaired) electrons. The normalized spacial score (nSPS) is 22.7. The van der Waals surface area contributed by atoms with E-state index in [-0.39, 0.29) is 23.7 Å². The minimum absolute atomic E-state index is 0.132. The zero-order valence-electron chi connectivity index (χ0n) is 10.4. The third kappa shape index (κ3) is 2.96. The third-order valence-corrected chi connectivity index (χ3v) is 3.28. The lowest BCUT2D eigenvalue weighted by molar-refractivity contribution is -0.142. The van der Waals surface area contributed by atoms with Crippen LogP contribution in [0.3, 0.4) is 0 Å². The van der Waals surface area contributed by atoms with Gasteiger partial charge in [-0.15, -0.1) is 0 Å². The number of esters is 1. The number of rotatable bonds is 4. The number of carbonyl (C=O) groups excluding carboxylic acids is 2. The van der Waals surface area contributed by atoms with Crippen LogP contribution in [0.5, 0.6) is 0 Å². The molecule has 1 aromatic carbocycles. The molecule has 2 rings (SSSR count). The van der Waals surface area contributed by atoms with Gasteiger partial charge in [0.05, 0.1) is 7.11 Å². The number of benzene rings is 1. The average Bonchev–Trinajstić information content (AvgIpc) is 2.87. The van der Waals surface area contributed by atoms with Crippen LogP contribution < -0.4 is 5.32 Å². The van der Waals surface area contributed by atoms with Gasteiger partial charge in [-0.05, 0) is 18.9 Å². The predicted octanol–water partition coefficient (Wildman–Crippen LogP) is 1.41. The topological polar surface area (TPSA) is 55.4 Å². The number of hydrogen-bond acceptors (Lipinski definition) is 4. The Morgan fingerprint density at radius 1 is 1.33 bits per heavy atom. The molecule has 1 saturated heterocycles. The van der Waals surface area contributed by atoms with Gasteiger partial charge < -0.3 is 10.1 Å². The van der Waals surface area contributed by atoms with E-state index in [1.54, 1.807) is 0 Å². The summed E-state index contributed by atoms with van der Waals surface area (Å²) in [6.07, 6.45) is 1.15. The van der Waals surface area contributed by atoms with E-state index in [4.69, 9.17) is 0 Å². The van der Waals surface area contributed by atoms with Crippen LogP contribution in [0.1, 0.15) is 23.2 Å². The van der Waals surface area contributed by atoms with Gasteiger partial charge in [0.1, 0.15) is 6.04 Å². The van der Waals surface area contributed by atoms with Crippen molar-refractivity contribution in [2.24, 2.45) is 5.92 Å². The third-order valence-electron chi connectivity index (χ3n) is 3.28. The van der Waals surface area contributed by atoms with Crippen LogP contribution in [-0.2, 0) is 9.53 Å². The van der Waals surface area contributed by atoms with Gasteiger partial charge in [-0.2, -0.15) is 0 Å². The number of methoxy groups -OCH3 is 1. The lowest BCUT2D eigenvalue weighted by atomic mass is 9.96. The maximum absolute atomic E-state index is 12.0. The molecule has 2 atom stereocenters. The first-order chi connectivity index (χ1) is 8.70. The fourth-order valence-electron chi connectivity index (χ4n) is 2.29. The lowest BCUT2D eigenvalue weighted by Gasteiger charge is -2.08. The first kappa shape index (κ1) is 12.8. The van der Waals surface area contributed by atoms with Crippen LogP contribution in [-0.4, -0.2) is 31.4 Å². The average molecular weight is 247 g/mol. The maximum atomic E-state index is 12.0. The Hall–Kier alpha value is -1.68. The van der Waals surface area contributed by atoms with E-state index in [1.807, 2.05) is 30.3 Å². The first-order valence-electron chi connectivity index (χ1n) is 6.10. The van der Waals surface area contributed by atoms with Gasteiger partial charge in [-0.1, -0.05) is 30.3 Å². The summed E-state index contributed by atoms with van der Waals surface area (Å²) in [4.78, 5) is 23.3. The molecule has 96 valence electrons. The fraction of sp³-hybridized carbons (Fsp3) is 0.429. The Balaban J connectivity index is 1.89. The summed E-state index contributed by atoms with van der Waals surface area (Å²) in [6.45, 7) is 0.693. The van der Waals surface area contributed by atoms with E-state index in [2.05, 4.69) is 10.1 Å². The van der Waals surface area contributed by atoms with Gasteiger partial charge in [0.25, 0.3) is 0 Å².